The number of esters is 1. The van der Waals surface area contributed by atoms with E-state index in [0.29, 0.717) is 16.9 Å². The van der Waals surface area contributed by atoms with Crippen molar-refractivity contribution in [1.29, 1.82) is 0 Å². The van der Waals surface area contributed by atoms with Crippen LogP contribution in [0.2, 0.25) is 0 Å². The van der Waals surface area contributed by atoms with Gasteiger partial charge in [0, 0.05) is 5.92 Å². The molecule has 0 atom stereocenters. The van der Waals surface area contributed by atoms with Crippen LogP contribution in [0.3, 0.4) is 0 Å². The molecular formula is C18H18O3. The first-order valence-corrected chi connectivity index (χ1v) is 6.91. The van der Waals surface area contributed by atoms with Crippen molar-refractivity contribution >= 4 is 11.8 Å². The van der Waals surface area contributed by atoms with Crippen LogP contribution in [-0.2, 0) is 0 Å². The maximum atomic E-state index is 12.2. The van der Waals surface area contributed by atoms with Gasteiger partial charge in [-0.25, -0.2) is 4.79 Å². The zero-order valence-electron chi connectivity index (χ0n) is 12.4. The number of rotatable bonds is 4. The van der Waals surface area contributed by atoms with Gasteiger partial charge in [-0.2, -0.15) is 0 Å². The Morgan fingerprint density at radius 2 is 1.48 bits per heavy atom. The molecule has 0 heterocycles. The number of carbonyl (C=O) groups is 2. The number of aryl methyl sites for hydroxylation is 1. The fraction of sp³-hybridized carbons (Fsp3) is 0.222. The fourth-order valence-electron chi connectivity index (χ4n) is 2.03. The Hall–Kier alpha value is -2.42. The van der Waals surface area contributed by atoms with Crippen molar-refractivity contribution in [2.45, 2.75) is 20.8 Å². The largest absolute Gasteiger partial charge is 0.422 e. The summed E-state index contributed by atoms with van der Waals surface area (Å²) in [6.07, 6.45) is 0. The molecule has 0 saturated heterocycles. The second kappa shape index (κ2) is 6.35. The van der Waals surface area contributed by atoms with Gasteiger partial charge in [0.2, 0.25) is 0 Å². The molecule has 2 aromatic carbocycles. The van der Waals surface area contributed by atoms with Crippen LogP contribution in [0.15, 0.2) is 48.5 Å². The Balaban J connectivity index is 2.30. The van der Waals surface area contributed by atoms with Crippen molar-refractivity contribution < 1.29 is 14.3 Å². The van der Waals surface area contributed by atoms with Crippen molar-refractivity contribution in [3.63, 3.8) is 0 Å². The smallest absolute Gasteiger partial charge is 0.343 e. The first kappa shape index (κ1) is 15.0. The van der Waals surface area contributed by atoms with Crippen molar-refractivity contribution in [2.24, 2.45) is 5.92 Å². The van der Waals surface area contributed by atoms with E-state index in [2.05, 4.69) is 0 Å². The summed E-state index contributed by atoms with van der Waals surface area (Å²) in [6.45, 7) is 5.49. The number of hydrogen-bond donors (Lipinski definition) is 0. The molecule has 0 unspecified atom stereocenters. The predicted molar refractivity (Wildman–Crippen MR) is 81.7 cm³/mol. The topological polar surface area (TPSA) is 43.4 Å². The Morgan fingerprint density at radius 3 is 2.10 bits per heavy atom. The number of benzene rings is 2. The van der Waals surface area contributed by atoms with Gasteiger partial charge in [-0.3, -0.25) is 4.79 Å². The lowest BCUT2D eigenvalue weighted by atomic mass is 10.0. The van der Waals surface area contributed by atoms with E-state index in [1.807, 2.05) is 32.9 Å². The first-order chi connectivity index (χ1) is 10.0. The average Bonchev–Trinajstić information content (AvgIpc) is 2.47. The van der Waals surface area contributed by atoms with Gasteiger partial charge in [-0.15, -0.1) is 0 Å². The second-order valence-corrected chi connectivity index (χ2v) is 5.22. The monoisotopic (exact) mass is 282 g/mol. The highest BCUT2D eigenvalue weighted by Crippen LogP contribution is 2.23. The van der Waals surface area contributed by atoms with Gasteiger partial charge in [0.25, 0.3) is 0 Å². The van der Waals surface area contributed by atoms with E-state index in [-0.39, 0.29) is 11.7 Å². The summed E-state index contributed by atoms with van der Waals surface area (Å²) < 4.78 is 5.42. The summed E-state index contributed by atoms with van der Waals surface area (Å²) in [5.74, 6) is -0.326. The summed E-state index contributed by atoms with van der Waals surface area (Å²) in [7, 11) is 0. The minimum Gasteiger partial charge on any atom is -0.422 e. The van der Waals surface area contributed by atoms with E-state index in [9.17, 15) is 9.59 Å². The molecule has 3 nitrogen and oxygen atoms in total. The predicted octanol–water partition coefficient (Wildman–Crippen LogP) is 4.05. The van der Waals surface area contributed by atoms with E-state index in [0.717, 1.165) is 5.56 Å². The van der Waals surface area contributed by atoms with Gasteiger partial charge in [0.15, 0.2) is 5.78 Å². The number of Topliss-reactive ketones (excluding diaryl/α,β-unsaturated/α-hetero) is 1. The SMILES string of the molecule is Cc1ccccc1C(=O)Oc1ccccc1C(=O)C(C)C. The third-order valence-electron chi connectivity index (χ3n) is 3.24. The van der Waals surface area contributed by atoms with Crippen LogP contribution in [-0.4, -0.2) is 11.8 Å². The van der Waals surface area contributed by atoms with Crippen LogP contribution in [0, 0.1) is 12.8 Å². The Kier molecular flexibility index (Phi) is 4.53. The molecular weight excluding hydrogens is 264 g/mol. The number of ether oxygens (including phenoxy) is 1. The van der Waals surface area contributed by atoms with E-state index in [1.165, 1.54) is 0 Å². The number of para-hydroxylation sites is 1. The maximum absolute atomic E-state index is 12.2. The molecule has 0 N–H and O–H groups in total. The highest BCUT2D eigenvalue weighted by atomic mass is 16.5. The molecule has 2 rings (SSSR count). The van der Waals surface area contributed by atoms with Crippen molar-refractivity contribution in [3.8, 4) is 5.75 Å². The average molecular weight is 282 g/mol. The minimum absolute atomic E-state index is 0.0387. The number of ketones is 1. The van der Waals surface area contributed by atoms with Gasteiger partial charge in [0.05, 0.1) is 11.1 Å². The molecule has 0 bridgehead atoms. The van der Waals surface area contributed by atoms with E-state index in [4.69, 9.17) is 4.74 Å². The van der Waals surface area contributed by atoms with E-state index < -0.39 is 5.97 Å². The van der Waals surface area contributed by atoms with Gasteiger partial charge in [0.1, 0.15) is 5.75 Å². The quantitative estimate of drug-likeness (QED) is 0.482. The first-order valence-electron chi connectivity index (χ1n) is 6.91. The minimum atomic E-state index is -0.447. The van der Waals surface area contributed by atoms with Crippen LogP contribution >= 0.6 is 0 Å². The van der Waals surface area contributed by atoms with Gasteiger partial charge in [-0.05, 0) is 30.7 Å². The standard InChI is InChI=1S/C18H18O3/c1-12(2)17(19)15-10-6-7-11-16(15)21-18(20)14-9-5-4-8-13(14)3/h4-12H,1-3H3. The molecule has 108 valence electrons. The van der Waals surface area contributed by atoms with Crippen molar-refractivity contribution in [1.82, 2.24) is 0 Å². The lowest BCUT2D eigenvalue weighted by molar-refractivity contribution is 0.0731. The van der Waals surface area contributed by atoms with Gasteiger partial charge < -0.3 is 4.74 Å². The lowest BCUT2D eigenvalue weighted by Crippen LogP contribution is -2.14. The molecule has 0 radical (unpaired) electrons. The third-order valence-corrected chi connectivity index (χ3v) is 3.24. The molecule has 0 saturated carbocycles. The summed E-state index contributed by atoms with van der Waals surface area (Å²) in [5, 5.41) is 0. The molecule has 0 aliphatic rings. The van der Waals surface area contributed by atoms with Crippen LogP contribution in [0.4, 0.5) is 0 Å². The van der Waals surface area contributed by atoms with Crippen LogP contribution < -0.4 is 4.74 Å². The normalized spacial score (nSPS) is 10.5. The van der Waals surface area contributed by atoms with Gasteiger partial charge in [-0.1, -0.05) is 44.2 Å². The summed E-state index contributed by atoms with van der Waals surface area (Å²) in [6, 6.07) is 14.1. The Morgan fingerprint density at radius 1 is 0.905 bits per heavy atom. The fourth-order valence-corrected chi connectivity index (χ4v) is 2.03. The van der Waals surface area contributed by atoms with Crippen LogP contribution in [0.25, 0.3) is 0 Å². The molecule has 0 aliphatic heterocycles. The summed E-state index contributed by atoms with van der Waals surface area (Å²) in [4.78, 5) is 24.4. The molecule has 0 fully saturated rings. The van der Waals surface area contributed by atoms with Crippen LogP contribution in [0.1, 0.15) is 40.1 Å². The van der Waals surface area contributed by atoms with Crippen molar-refractivity contribution in [3.05, 3.63) is 65.2 Å². The molecule has 3 heteroatoms. The number of carbonyl (C=O) groups excluding carboxylic acids is 2. The highest BCUT2D eigenvalue weighted by molar-refractivity contribution is 6.01. The van der Waals surface area contributed by atoms with E-state index >= 15 is 0 Å². The summed E-state index contributed by atoms with van der Waals surface area (Å²) in [5.41, 5.74) is 1.79. The zero-order chi connectivity index (χ0) is 15.4. The molecule has 2 aromatic rings. The molecule has 21 heavy (non-hydrogen) atoms. The lowest BCUT2D eigenvalue weighted by Gasteiger charge is -2.11. The zero-order valence-corrected chi connectivity index (χ0v) is 12.4. The van der Waals surface area contributed by atoms with E-state index in [1.54, 1.807) is 36.4 Å². The Labute approximate surface area is 124 Å². The third kappa shape index (κ3) is 3.37. The summed E-state index contributed by atoms with van der Waals surface area (Å²) >= 11 is 0. The Bertz CT molecular complexity index is 672. The molecule has 0 amide bonds. The van der Waals surface area contributed by atoms with Gasteiger partial charge >= 0.3 is 5.97 Å². The molecule has 0 spiro atoms. The highest BCUT2D eigenvalue weighted by Gasteiger charge is 2.18. The molecule has 0 aromatic heterocycles. The second-order valence-electron chi connectivity index (χ2n) is 5.22. The molecule has 0 aliphatic carbocycles. The number of hydrogen-bond acceptors (Lipinski definition) is 3. The van der Waals surface area contributed by atoms with Crippen LogP contribution in [0.5, 0.6) is 5.75 Å². The maximum Gasteiger partial charge on any atom is 0.343 e. The van der Waals surface area contributed by atoms with Crippen molar-refractivity contribution in [2.75, 3.05) is 0 Å².